The van der Waals surface area contributed by atoms with Gasteiger partial charge in [0.25, 0.3) is 0 Å². The van der Waals surface area contributed by atoms with Gasteiger partial charge in [-0.25, -0.2) is 0 Å². The number of hydrogen-bond donors (Lipinski definition) is 3. The second-order valence-electron chi connectivity index (χ2n) is 13.1. The van der Waals surface area contributed by atoms with E-state index in [1.54, 1.807) is 12.1 Å². The van der Waals surface area contributed by atoms with Crippen LogP contribution >= 0.6 is 0 Å². The first kappa shape index (κ1) is 39.7. The SMILES string of the molecule is CCCCCC(=O)NC(Cc1ccc(OCOC(=O)CC2CCCCC2)cc1)C(=O)CC(C(=O)NCCCCCC(N)=O)C(C)CC. The fraction of sp³-hybridized carbons (Fsp3) is 0.703. The number of nitrogens with two attached hydrogens (primary N) is 1. The zero-order valence-corrected chi connectivity index (χ0v) is 29.0. The number of primary amides is 1. The van der Waals surface area contributed by atoms with E-state index in [0.29, 0.717) is 43.9 Å². The predicted octanol–water partition coefficient (Wildman–Crippen LogP) is 5.93. The lowest BCUT2D eigenvalue weighted by Gasteiger charge is -2.25. The summed E-state index contributed by atoms with van der Waals surface area (Å²) in [6.07, 6.45) is 12.7. The summed E-state index contributed by atoms with van der Waals surface area (Å²) in [4.78, 5) is 62.9. The minimum Gasteiger partial charge on any atom is -0.457 e. The fourth-order valence-corrected chi connectivity index (χ4v) is 5.99. The first-order valence-corrected chi connectivity index (χ1v) is 17.9. The van der Waals surface area contributed by atoms with Crippen molar-refractivity contribution in [2.24, 2.45) is 23.5 Å². The lowest BCUT2D eigenvalue weighted by Crippen LogP contribution is -2.45. The van der Waals surface area contributed by atoms with Crippen LogP contribution in [0.3, 0.4) is 0 Å². The number of rotatable bonds is 24. The molecule has 1 aliphatic rings. The number of ketones is 1. The molecule has 1 saturated carbocycles. The van der Waals surface area contributed by atoms with Gasteiger partial charge in [-0.15, -0.1) is 0 Å². The Morgan fingerprint density at radius 1 is 0.915 bits per heavy atom. The Kier molecular flexibility index (Phi) is 19.4. The summed E-state index contributed by atoms with van der Waals surface area (Å²) in [5.41, 5.74) is 6.03. The molecule has 1 aromatic carbocycles. The summed E-state index contributed by atoms with van der Waals surface area (Å²) in [5.74, 6) is -0.702. The van der Waals surface area contributed by atoms with Gasteiger partial charge in [-0.3, -0.25) is 24.0 Å². The number of esters is 1. The van der Waals surface area contributed by atoms with Crippen LogP contribution in [-0.2, 0) is 35.1 Å². The molecule has 264 valence electrons. The van der Waals surface area contributed by atoms with Gasteiger partial charge in [-0.1, -0.05) is 77.8 Å². The minimum atomic E-state index is -0.773. The molecule has 1 aromatic rings. The summed E-state index contributed by atoms with van der Waals surface area (Å²) in [6.45, 7) is 6.33. The van der Waals surface area contributed by atoms with Crippen LogP contribution < -0.4 is 21.1 Å². The first-order valence-electron chi connectivity index (χ1n) is 17.9. The van der Waals surface area contributed by atoms with Crippen molar-refractivity contribution in [1.82, 2.24) is 10.6 Å². The third kappa shape index (κ3) is 16.8. The van der Waals surface area contributed by atoms with E-state index in [0.717, 1.165) is 56.9 Å². The monoisotopic (exact) mass is 657 g/mol. The fourth-order valence-electron chi connectivity index (χ4n) is 5.99. The number of unbranched alkanes of at least 4 members (excludes halogenated alkanes) is 4. The van der Waals surface area contributed by atoms with Crippen LogP contribution in [0.5, 0.6) is 5.75 Å². The van der Waals surface area contributed by atoms with E-state index in [-0.39, 0.29) is 55.0 Å². The van der Waals surface area contributed by atoms with Gasteiger partial charge in [-0.05, 0) is 68.1 Å². The standard InChI is InChI=1S/C37H59N3O7/c1-4-6-9-17-35(43)40-32(33(41)25-31(27(3)5-2)37(45)39-22-13-8-12-16-34(38)42)23-29-18-20-30(21-19-29)46-26-47-36(44)24-28-14-10-7-11-15-28/h18-21,27-28,31-32H,4-17,22-26H2,1-3H3,(H2,38,42)(H,39,45)(H,40,43). The number of benzene rings is 1. The highest BCUT2D eigenvalue weighted by Gasteiger charge is 2.30. The second kappa shape index (κ2) is 23.0. The topological polar surface area (TPSA) is 154 Å². The van der Waals surface area contributed by atoms with Gasteiger partial charge in [0.1, 0.15) is 5.75 Å². The maximum absolute atomic E-state index is 13.7. The van der Waals surface area contributed by atoms with Crippen LogP contribution in [0.4, 0.5) is 0 Å². The van der Waals surface area contributed by atoms with Crippen LogP contribution in [0.15, 0.2) is 24.3 Å². The van der Waals surface area contributed by atoms with E-state index in [4.69, 9.17) is 15.2 Å². The third-order valence-electron chi connectivity index (χ3n) is 9.21. The highest BCUT2D eigenvalue weighted by atomic mass is 16.7. The smallest absolute Gasteiger partial charge is 0.308 e. The van der Waals surface area contributed by atoms with Crippen molar-refractivity contribution in [3.05, 3.63) is 29.8 Å². The lowest BCUT2D eigenvalue weighted by molar-refractivity contribution is -0.151. The van der Waals surface area contributed by atoms with Gasteiger partial charge in [0.15, 0.2) is 5.78 Å². The molecule has 1 fully saturated rings. The van der Waals surface area contributed by atoms with Crippen molar-refractivity contribution < 1.29 is 33.4 Å². The molecule has 4 N–H and O–H groups in total. The van der Waals surface area contributed by atoms with E-state index in [2.05, 4.69) is 17.6 Å². The van der Waals surface area contributed by atoms with Crippen molar-refractivity contribution in [3.8, 4) is 5.75 Å². The van der Waals surface area contributed by atoms with Gasteiger partial charge in [0.2, 0.25) is 24.5 Å². The zero-order valence-electron chi connectivity index (χ0n) is 29.0. The molecule has 3 unspecified atom stereocenters. The van der Waals surface area contributed by atoms with Crippen molar-refractivity contribution in [3.63, 3.8) is 0 Å². The Labute approximate surface area is 281 Å². The highest BCUT2D eigenvalue weighted by molar-refractivity contribution is 5.92. The van der Waals surface area contributed by atoms with E-state index in [1.807, 2.05) is 26.0 Å². The normalized spacial score (nSPS) is 15.2. The first-order chi connectivity index (χ1) is 22.6. The molecule has 3 amide bonds. The van der Waals surface area contributed by atoms with Crippen LogP contribution in [0.1, 0.15) is 129 Å². The number of amides is 3. The number of ether oxygens (including phenoxy) is 2. The molecule has 10 nitrogen and oxygen atoms in total. The van der Waals surface area contributed by atoms with Gasteiger partial charge >= 0.3 is 5.97 Å². The van der Waals surface area contributed by atoms with E-state index < -0.39 is 12.0 Å². The third-order valence-corrected chi connectivity index (χ3v) is 9.21. The van der Waals surface area contributed by atoms with Crippen molar-refractivity contribution >= 4 is 29.5 Å². The molecule has 0 radical (unpaired) electrons. The molecule has 0 spiro atoms. The predicted molar refractivity (Wildman–Crippen MR) is 182 cm³/mol. The average Bonchev–Trinajstić information content (AvgIpc) is 3.05. The second-order valence-corrected chi connectivity index (χ2v) is 13.1. The quantitative estimate of drug-likeness (QED) is 0.0708. The number of hydrogen-bond acceptors (Lipinski definition) is 7. The Hall–Kier alpha value is -3.43. The highest BCUT2D eigenvalue weighted by Crippen LogP contribution is 2.27. The van der Waals surface area contributed by atoms with Crippen LogP contribution in [-0.4, -0.2) is 48.9 Å². The Morgan fingerprint density at radius 2 is 1.62 bits per heavy atom. The van der Waals surface area contributed by atoms with Crippen molar-refractivity contribution in [2.75, 3.05) is 13.3 Å². The van der Waals surface area contributed by atoms with Crippen LogP contribution in [0, 0.1) is 17.8 Å². The van der Waals surface area contributed by atoms with Gasteiger partial charge in [-0.2, -0.15) is 0 Å². The van der Waals surface area contributed by atoms with Crippen molar-refractivity contribution in [2.45, 2.75) is 136 Å². The molecular weight excluding hydrogens is 598 g/mol. The van der Waals surface area contributed by atoms with Crippen LogP contribution in [0.25, 0.3) is 0 Å². The summed E-state index contributed by atoms with van der Waals surface area (Å²) in [6, 6.07) is 6.41. The summed E-state index contributed by atoms with van der Waals surface area (Å²) >= 11 is 0. The molecule has 2 rings (SSSR count). The molecule has 0 bridgehead atoms. The molecule has 1 aliphatic carbocycles. The summed E-state index contributed by atoms with van der Waals surface area (Å²) < 4.78 is 10.9. The average molecular weight is 658 g/mol. The summed E-state index contributed by atoms with van der Waals surface area (Å²) in [5, 5.41) is 5.91. The molecule has 10 heteroatoms. The van der Waals surface area contributed by atoms with Gasteiger partial charge < -0.3 is 25.8 Å². The molecule has 0 heterocycles. The largest absolute Gasteiger partial charge is 0.457 e. The lowest BCUT2D eigenvalue weighted by atomic mass is 9.84. The summed E-state index contributed by atoms with van der Waals surface area (Å²) in [7, 11) is 0. The number of carbonyl (C=O) groups is 5. The molecule has 0 aromatic heterocycles. The zero-order chi connectivity index (χ0) is 34.4. The Bertz CT molecular complexity index is 1100. The number of Topliss-reactive ketones (excluding diaryl/α,β-unsaturated/α-hetero) is 1. The van der Waals surface area contributed by atoms with E-state index in [9.17, 15) is 24.0 Å². The van der Waals surface area contributed by atoms with E-state index in [1.165, 1.54) is 19.3 Å². The maximum Gasteiger partial charge on any atom is 0.308 e. The van der Waals surface area contributed by atoms with Gasteiger partial charge in [0.05, 0.1) is 6.04 Å². The number of nitrogens with one attached hydrogen (secondary N) is 2. The molecule has 0 saturated heterocycles. The van der Waals surface area contributed by atoms with Crippen molar-refractivity contribution in [1.29, 1.82) is 0 Å². The molecule has 3 atom stereocenters. The Balaban J connectivity index is 1.99. The molecule has 47 heavy (non-hydrogen) atoms. The van der Waals surface area contributed by atoms with Gasteiger partial charge in [0, 0.05) is 38.1 Å². The molecular formula is C37H59N3O7. The van der Waals surface area contributed by atoms with Crippen LogP contribution in [0.2, 0.25) is 0 Å². The molecule has 0 aliphatic heterocycles. The minimum absolute atomic E-state index is 0.0237. The number of carbonyl (C=O) groups excluding carboxylic acids is 5. The van der Waals surface area contributed by atoms with E-state index >= 15 is 0 Å². The maximum atomic E-state index is 13.7. The Morgan fingerprint density at radius 3 is 2.28 bits per heavy atom.